The van der Waals surface area contributed by atoms with Gasteiger partial charge in [0, 0.05) is 26.1 Å². The van der Waals surface area contributed by atoms with Gasteiger partial charge in [0.25, 0.3) is 17.0 Å². The Hall–Kier alpha value is -3.02. The van der Waals surface area contributed by atoms with E-state index in [1.54, 1.807) is 0 Å². The molecule has 0 aromatic carbocycles. The topological polar surface area (TPSA) is 177 Å². The summed E-state index contributed by atoms with van der Waals surface area (Å²) in [7, 11) is 0. The van der Waals surface area contributed by atoms with Gasteiger partial charge in [0.05, 0.1) is 6.61 Å². The van der Waals surface area contributed by atoms with Gasteiger partial charge >= 0.3 is 5.97 Å². The molecule has 30 heavy (non-hydrogen) atoms. The van der Waals surface area contributed by atoms with Gasteiger partial charge < -0.3 is 24.8 Å². The number of aromatic nitrogens is 1. The van der Waals surface area contributed by atoms with Crippen molar-refractivity contribution in [2.45, 2.75) is 51.1 Å². The van der Waals surface area contributed by atoms with Crippen molar-refractivity contribution in [1.29, 1.82) is 0 Å². The Morgan fingerprint density at radius 3 is 2.00 bits per heavy atom. The van der Waals surface area contributed by atoms with Gasteiger partial charge in [0.1, 0.15) is 12.2 Å². The highest BCUT2D eigenvalue weighted by atomic mass is 16.6. The molecule has 0 unspecified atom stereocenters. The fourth-order valence-electron chi connectivity index (χ4n) is 3.06. The van der Waals surface area contributed by atoms with Crippen molar-refractivity contribution >= 4 is 29.1 Å². The van der Waals surface area contributed by atoms with Crippen LogP contribution in [-0.2, 0) is 28.7 Å². The van der Waals surface area contributed by atoms with Crippen molar-refractivity contribution in [3.63, 3.8) is 0 Å². The fraction of sp³-hybridized carbons (Fsp3) is 0.474. The Kier molecular flexibility index (Phi) is 8.05. The summed E-state index contributed by atoms with van der Waals surface area (Å²) in [4.78, 5) is 66.2. The van der Waals surface area contributed by atoms with E-state index in [9.17, 15) is 39.3 Å². The van der Waals surface area contributed by atoms with Crippen LogP contribution in [0.1, 0.15) is 27.7 Å². The van der Waals surface area contributed by atoms with Crippen LogP contribution in [-0.4, -0.2) is 79.4 Å². The number of hydrogen-bond donors (Lipinski definition) is 3. The van der Waals surface area contributed by atoms with E-state index in [4.69, 9.17) is 9.47 Å². The second-order valence-corrected chi connectivity index (χ2v) is 6.47. The van der Waals surface area contributed by atoms with Crippen molar-refractivity contribution in [3.05, 3.63) is 24.4 Å². The highest BCUT2D eigenvalue weighted by molar-refractivity contribution is 6.45. The number of esters is 1. The van der Waals surface area contributed by atoms with Crippen LogP contribution in [0.5, 0.6) is 5.88 Å². The maximum Gasteiger partial charge on any atom is 0.304 e. The zero-order valence-electron chi connectivity index (χ0n) is 16.8. The van der Waals surface area contributed by atoms with Crippen LogP contribution < -0.4 is 4.74 Å². The number of ketones is 4. The van der Waals surface area contributed by atoms with Crippen LogP contribution in [0.25, 0.3) is 0 Å². The molecule has 0 fully saturated rings. The van der Waals surface area contributed by atoms with Gasteiger partial charge in [0.15, 0.2) is 17.3 Å². The standard InChI is InChI=1S/C19H23NO10/c1-10(22)16(27)18(11(2)23,29-13(4)25)19(12(3)24,17(28)14(26)9-21)30-15-7-5-6-8-20-15/h5-8,14,17,21,26,28H,9H2,1-4H3/t14-,17-,18+,19+/m1/s1. The molecule has 0 radical (unpaired) electrons. The van der Waals surface area contributed by atoms with Crippen LogP contribution in [0.15, 0.2) is 24.4 Å². The second kappa shape index (κ2) is 9.65. The third kappa shape index (κ3) is 4.27. The molecule has 1 rings (SSSR count). The van der Waals surface area contributed by atoms with Crippen LogP contribution in [0.4, 0.5) is 0 Å². The van der Waals surface area contributed by atoms with Crippen LogP contribution >= 0.6 is 0 Å². The molecule has 0 saturated carbocycles. The summed E-state index contributed by atoms with van der Waals surface area (Å²) < 4.78 is 10.4. The second-order valence-electron chi connectivity index (χ2n) is 6.47. The third-order valence-corrected chi connectivity index (χ3v) is 4.35. The number of rotatable bonds is 11. The molecular weight excluding hydrogens is 402 g/mol. The van der Waals surface area contributed by atoms with Crippen molar-refractivity contribution < 1.29 is 48.8 Å². The molecule has 11 heteroatoms. The minimum absolute atomic E-state index is 0.411. The number of carbonyl (C=O) groups is 5. The number of ether oxygens (including phenoxy) is 2. The van der Waals surface area contributed by atoms with Gasteiger partial charge in [-0.25, -0.2) is 4.98 Å². The monoisotopic (exact) mass is 425 g/mol. The minimum Gasteiger partial charge on any atom is -0.455 e. The molecule has 0 spiro atoms. The molecule has 1 heterocycles. The van der Waals surface area contributed by atoms with E-state index in [-0.39, 0.29) is 0 Å². The molecule has 3 N–H and O–H groups in total. The Balaban J connectivity index is 4.11. The van der Waals surface area contributed by atoms with Crippen molar-refractivity contribution in [3.8, 4) is 5.88 Å². The van der Waals surface area contributed by atoms with E-state index < -0.39 is 65.0 Å². The predicted octanol–water partition coefficient (Wildman–Crippen LogP) is -1.45. The highest BCUT2D eigenvalue weighted by Crippen LogP contribution is 2.39. The lowest BCUT2D eigenvalue weighted by Gasteiger charge is -2.47. The maximum atomic E-state index is 12.9. The molecule has 0 amide bonds. The van der Waals surface area contributed by atoms with E-state index in [1.807, 2.05) is 0 Å². The van der Waals surface area contributed by atoms with Crippen molar-refractivity contribution in [1.82, 2.24) is 4.98 Å². The van der Waals surface area contributed by atoms with E-state index in [1.165, 1.54) is 24.4 Å². The number of aliphatic hydroxyl groups excluding tert-OH is 3. The smallest absolute Gasteiger partial charge is 0.304 e. The first-order valence-corrected chi connectivity index (χ1v) is 8.72. The Morgan fingerprint density at radius 1 is 1.03 bits per heavy atom. The first-order valence-electron chi connectivity index (χ1n) is 8.72. The summed E-state index contributed by atoms with van der Waals surface area (Å²) >= 11 is 0. The Morgan fingerprint density at radius 2 is 1.63 bits per heavy atom. The molecule has 0 aliphatic heterocycles. The molecule has 0 bridgehead atoms. The van der Waals surface area contributed by atoms with Crippen LogP contribution in [0.2, 0.25) is 0 Å². The van der Waals surface area contributed by atoms with Gasteiger partial charge in [-0.05, 0) is 19.9 Å². The van der Waals surface area contributed by atoms with Gasteiger partial charge in [-0.15, -0.1) is 0 Å². The molecule has 0 aliphatic carbocycles. The summed E-state index contributed by atoms with van der Waals surface area (Å²) in [5, 5.41) is 30.2. The van der Waals surface area contributed by atoms with E-state index >= 15 is 0 Å². The third-order valence-electron chi connectivity index (χ3n) is 4.35. The van der Waals surface area contributed by atoms with Gasteiger partial charge in [-0.1, -0.05) is 6.07 Å². The molecular formula is C19H23NO10. The average molecular weight is 425 g/mol. The summed E-state index contributed by atoms with van der Waals surface area (Å²) in [6, 6.07) is 4.05. The lowest BCUT2D eigenvalue weighted by Crippen LogP contribution is -2.78. The lowest BCUT2D eigenvalue weighted by atomic mass is 9.68. The SMILES string of the molecule is CC(=O)O[C@@](C(C)=O)(C(=O)C(C)=O)[C@](Oc1ccccn1)(C(C)=O)[C@H](O)[C@H](O)CO. The number of carbonyl (C=O) groups excluding carboxylic acids is 5. The lowest BCUT2D eigenvalue weighted by molar-refractivity contribution is -0.220. The van der Waals surface area contributed by atoms with E-state index in [2.05, 4.69) is 4.98 Å². The molecule has 0 saturated heterocycles. The highest BCUT2D eigenvalue weighted by Gasteiger charge is 2.73. The molecule has 0 aliphatic rings. The number of nitrogens with zero attached hydrogens (tertiary/aromatic N) is 1. The summed E-state index contributed by atoms with van der Waals surface area (Å²) in [5.41, 5.74) is -6.48. The summed E-state index contributed by atoms with van der Waals surface area (Å²) in [5.74, 6) is -7.26. The Bertz CT molecular complexity index is 839. The molecule has 1 aromatic heterocycles. The summed E-state index contributed by atoms with van der Waals surface area (Å²) in [6.07, 6.45) is -3.44. The van der Waals surface area contributed by atoms with Crippen LogP contribution in [0.3, 0.4) is 0 Å². The molecule has 11 nitrogen and oxygen atoms in total. The molecule has 164 valence electrons. The first kappa shape index (κ1) is 25.0. The normalized spacial score (nSPS) is 16.9. The molecule has 4 atom stereocenters. The molecule has 1 aromatic rings. The average Bonchev–Trinajstić information content (AvgIpc) is 2.68. The maximum absolute atomic E-state index is 12.9. The number of Topliss-reactive ketones (excluding diaryl/α,β-unsaturated/α-hetero) is 4. The van der Waals surface area contributed by atoms with E-state index in [0.29, 0.717) is 0 Å². The largest absolute Gasteiger partial charge is 0.455 e. The number of hydrogen-bond acceptors (Lipinski definition) is 11. The zero-order chi connectivity index (χ0) is 23.3. The summed E-state index contributed by atoms with van der Waals surface area (Å²) in [6.45, 7) is 1.94. The predicted molar refractivity (Wildman–Crippen MR) is 98.2 cm³/mol. The van der Waals surface area contributed by atoms with Gasteiger partial charge in [-0.3, -0.25) is 24.0 Å². The number of aliphatic hydroxyl groups is 3. The van der Waals surface area contributed by atoms with E-state index in [0.717, 1.165) is 27.7 Å². The Labute approximate surface area is 171 Å². The number of pyridine rings is 1. The minimum atomic E-state index is -3.32. The zero-order valence-corrected chi connectivity index (χ0v) is 16.8. The van der Waals surface area contributed by atoms with Crippen molar-refractivity contribution in [2.24, 2.45) is 0 Å². The fourth-order valence-corrected chi connectivity index (χ4v) is 3.06. The van der Waals surface area contributed by atoms with Gasteiger partial charge in [-0.2, -0.15) is 0 Å². The first-order chi connectivity index (χ1) is 13.9. The van der Waals surface area contributed by atoms with Crippen molar-refractivity contribution in [2.75, 3.05) is 6.61 Å². The van der Waals surface area contributed by atoms with Crippen LogP contribution in [0, 0.1) is 0 Å². The van der Waals surface area contributed by atoms with Gasteiger partial charge in [0.2, 0.25) is 5.88 Å². The quantitative estimate of drug-likeness (QED) is 0.215.